The number of benzene rings is 1. The molecule has 0 aliphatic carbocycles. The summed E-state index contributed by atoms with van der Waals surface area (Å²) in [6, 6.07) is 7.38. The molecular weight excluding hydrogens is 430 g/mol. The molecule has 0 radical (unpaired) electrons. The molecule has 3 amide bonds. The Morgan fingerprint density at radius 1 is 1.28 bits per heavy atom. The average Bonchev–Trinajstić information content (AvgIpc) is 3.31. The lowest BCUT2D eigenvalue weighted by Crippen LogP contribution is -2.51. The summed E-state index contributed by atoms with van der Waals surface area (Å²) in [5.41, 5.74) is 0.781. The molecule has 9 heteroatoms. The van der Waals surface area contributed by atoms with Crippen LogP contribution in [0.5, 0.6) is 0 Å². The second kappa shape index (κ2) is 9.61. The average molecular weight is 458 g/mol. The zero-order chi connectivity index (χ0) is 23.5. The molecule has 1 aliphatic rings. The van der Waals surface area contributed by atoms with E-state index in [-0.39, 0.29) is 23.7 Å². The number of rotatable bonds is 7. The van der Waals surface area contributed by atoms with Gasteiger partial charge in [-0.25, -0.2) is 0 Å². The molecule has 32 heavy (non-hydrogen) atoms. The largest absolute Gasteiger partial charge is 0.356 e. The molecule has 3 rings (SSSR count). The summed E-state index contributed by atoms with van der Waals surface area (Å²) >= 11 is 6.01. The maximum absolute atomic E-state index is 13.0. The number of aromatic amines is 1. The van der Waals surface area contributed by atoms with Crippen molar-refractivity contribution in [2.45, 2.75) is 52.1 Å². The van der Waals surface area contributed by atoms with Crippen LogP contribution in [-0.2, 0) is 9.59 Å². The normalized spacial score (nSPS) is 18.0. The van der Waals surface area contributed by atoms with Crippen LogP contribution in [0.1, 0.15) is 50.5 Å². The second-order valence-electron chi connectivity index (χ2n) is 9.41. The third kappa shape index (κ3) is 6.01. The fraction of sp³-hybridized carbons (Fsp3) is 0.478. The van der Waals surface area contributed by atoms with Crippen molar-refractivity contribution in [2.75, 3.05) is 6.54 Å². The fourth-order valence-electron chi connectivity index (χ4n) is 3.85. The van der Waals surface area contributed by atoms with Crippen LogP contribution < -0.4 is 16.0 Å². The maximum atomic E-state index is 13.0. The van der Waals surface area contributed by atoms with Gasteiger partial charge in [-0.05, 0) is 42.9 Å². The highest BCUT2D eigenvalue weighted by atomic mass is 35.5. The van der Waals surface area contributed by atoms with Crippen LogP contribution >= 0.6 is 11.6 Å². The third-order valence-corrected chi connectivity index (χ3v) is 5.66. The Hall–Kier alpha value is -3.05. The standard InChI is InChI=1S/C23H28ClN5O3/c1-23(2,3)11-19(22(32)27-16(12-25)8-14-6-7-26-20(14)30)29-21(31)18-9-13-4-5-15(24)10-17(13)28-18/h4-5,9-10,14,16,19,28H,6-8,11H2,1-3H3,(H,26,30)(H,27,32)(H,29,31). The van der Waals surface area contributed by atoms with E-state index >= 15 is 0 Å². The Bertz CT molecular complexity index is 1070. The first kappa shape index (κ1) is 23.6. The highest BCUT2D eigenvalue weighted by molar-refractivity contribution is 6.31. The van der Waals surface area contributed by atoms with Gasteiger partial charge < -0.3 is 20.9 Å². The lowest BCUT2D eigenvalue weighted by molar-refractivity contribution is -0.125. The van der Waals surface area contributed by atoms with Crippen molar-refractivity contribution >= 4 is 40.2 Å². The summed E-state index contributed by atoms with van der Waals surface area (Å²) in [7, 11) is 0. The maximum Gasteiger partial charge on any atom is 0.268 e. The number of hydrogen-bond acceptors (Lipinski definition) is 4. The Morgan fingerprint density at radius 3 is 2.66 bits per heavy atom. The van der Waals surface area contributed by atoms with E-state index in [4.69, 9.17) is 11.6 Å². The highest BCUT2D eigenvalue weighted by Gasteiger charge is 2.31. The molecule has 2 heterocycles. The smallest absolute Gasteiger partial charge is 0.268 e. The van der Waals surface area contributed by atoms with E-state index in [1.54, 1.807) is 24.3 Å². The molecule has 3 atom stereocenters. The summed E-state index contributed by atoms with van der Waals surface area (Å²) in [5.74, 6) is -1.27. The van der Waals surface area contributed by atoms with Crippen LogP contribution in [0.3, 0.4) is 0 Å². The summed E-state index contributed by atoms with van der Waals surface area (Å²) in [6.07, 6.45) is 1.26. The van der Waals surface area contributed by atoms with Gasteiger partial charge in [-0.2, -0.15) is 5.26 Å². The van der Waals surface area contributed by atoms with Crippen molar-refractivity contribution in [3.63, 3.8) is 0 Å². The predicted octanol–water partition coefficient (Wildman–Crippen LogP) is 2.89. The van der Waals surface area contributed by atoms with Crippen LogP contribution in [-0.4, -0.2) is 41.3 Å². The van der Waals surface area contributed by atoms with Crippen molar-refractivity contribution in [1.82, 2.24) is 20.9 Å². The van der Waals surface area contributed by atoms with E-state index in [1.807, 2.05) is 20.8 Å². The van der Waals surface area contributed by atoms with Gasteiger partial charge >= 0.3 is 0 Å². The Morgan fingerprint density at radius 2 is 2.03 bits per heavy atom. The topological polar surface area (TPSA) is 127 Å². The SMILES string of the molecule is CC(C)(C)CC(NC(=O)c1cc2ccc(Cl)cc2[nH]1)C(=O)NC(C#N)CC1CCNC1=O. The van der Waals surface area contributed by atoms with Gasteiger partial charge in [0.2, 0.25) is 11.8 Å². The molecule has 1 aromatic carbocycles. The van der Waals surface area contributed by atoms with E-state index in [1.165, 1.54) is 0 Å². The van der Waals surface area contributed by atoms with Crippen LogP contribution in [0.4, 0.5) is 0 Å². The Balaban J connectivity index is 1.72. The first-order valence-corrected chi connectivity index (χ1v) is 11.0. The second-order valence-corrected chi connectivity index (χ2v) is 9.84. The Labute approximate surface area is 192 Å². The number of H-pyrrole nitrogens is 1. The van der Waals surface area contributed by atoms with E-state index in [2.05, 4.69) is 27.0 Å². The number of nitrogens with one attached hydrogen (secondary N) is 4. The number of hydrogen-bond donors (Lipinski definition) is 4. The lowest BCUT2D eigenvalue weighted by Gasteiger charge is -2.27. The van der Waals surface area contributed by atoms with Gasteiger partial charge in [0.1, 0.15) is 17.8 Å². The van der Waals surface area contributed by atoms with E-state index in [0.29, 0.717) is 30.1 Å². The molecule has 170 valence electrons. The van der Waals surface area contributed by atoms with Crippen molar-refractivity contribution in [3.05, 3.63) is 35.0 Å². The molecule has 1 aromatic heterocycles. The molecule has 0 bridgehead atoms. The number of nitrogens with zero attached hydrogens (tertiary/aromatic N) is 1. The van der Waals surface area contributed by atoms with E-state index in [9.17, 15) is 19.6 Å². The first-order chi connectivity index (χ1) is 15.1. The molecule has 0 spiro atoms. The predicted molar refractivity (Wildman–Crippen MR) is 122 cm³/mol. The number of carbonyl (C=O) groups excluding carboxylic acids is 3. The molecule has 4 N–H and O–H groups in total. The molecule has 1 fully saturated rings. The molecule has 1 saturated heterocycles. The minimum absolute atomic E-state index is 0.0991. The van der Waals surface area contributed by atoms with Crippen molar-refractivity contribution in [2.24, 2.45) is 11.3 Å². The fourth-order valence-corrected chi connectivity index (χ4v) is 4.02. The number of halogens is 1. The minimum atomic E-state index is -0.842. The zero-order valence-corrected chi connectivity index (χ0v) is 19.2. The van der Waals surface area contributed by atoms with Gasteiger partial charge in [-0.3, -0.25) is 14.4 Å². The number of carbonyl (C=O) groups is 3. The van der Waals surface area contributed by atoms with Gasteiger partial charge in [0.05, 0.1) is 6.07 Å². The van der Waals surface area contributed by atoms with Gasteiger partial charge in [-0.1, -0.05) is 38.4 Å². The molecule has 0 saturated carbocycles. The number of fused-ring (bicyclic) bond motifs is 1. The minimum Gasteiger partial charge on any atom is -0.356 e. The van der Waals surface area contributed by atoms with Crippen LogP contribution in [0.25, 0.3) is 10.9 Å². The van der Waals surface area contributed by atoms with Gasteiger partial charge in [0, 0.05) is 28.4 Å². The van der Waals surface area contributed by atoms with Crippen molar-refractivity contribution in [1.29, 1.82) is 5.26 Å². The van der Waals surface area contributed by atoms with Crippen LogP contribution in [0.15, 0.2) is 24.3 Å². The number of aromatic nitrogens is 1. The summed E-state index contributed by atoms with van der Waals surface area (Å²) in [5, 5.41) is 19.1. The van der Waals surface area contributed by atoms with Gasteiger partial charge in [-0.15, -0.1) is 0 Å². The summed E-state index contributed by atoms with van der Waals surface area (Å²) in [4.78, 5) is 40.8. The van der Waals surface area contributed by atoms with Crippen LogP contribution in [0, 0.1) is 22.7 Å². The number of nitriles is 1. The zero-order valence-electron chi connectivity index (χ0n) is 18.4. The molecular formula is C23H28ClN5O3. The summed E-state index contributed by atoms with van der Waals surface area (Å²) in [6.45, 7) is 6.48. The van der Waals surface area contributed by atoms with E-state index < -0.39 is 23.9 Å². The van der Waals surface area contributed by atoms with Gasteiger partial charge in [0.25, 0.3) is 5.91 Å². The van der Waals surface area contributed by atoms with Crippen molar-refractivity contribution < 1.29 is 14.4 Å². The first-order valence-electron chi connectivity index (χ1n) is 10.6. The number of amides is 3. The highest BCUT2D eigenvalue weighted by Crippen LogP contribution is 2.23. The molecule has 1 aliphatic heterocycles. The van der Waals surface area contributed by atoms with E-state index in [0.717, 1.165) is 10.9 Å². The summed E-state index contributed by atoms with van der Waals surface area (Å²) < 4.78 is 0. The molecule has 3 unspecified atom stereocenters. The van der Waals surface area contributed by atoms with Crippen LogP contribution in [0.2, 0.25) is 5.02 Å². The molecule has 2 aromatic rings. The van der Waals surface area contributed by atoms with Crippen molar-refractivity contribution in [3.8, 4) is 6.07 Å². The third-order valence-electron chi connectivity index (χ3n) is 5.42. The quantitative estimate of drug-likeness (QED) is 0.509. The lowest BCUT2D eigenvalue weighted by atomic mass is 9.87. The molecule has 8 nitrogen and oxygen atoms in total. The monoisotopic (exact) mass is 457 g/mol. The Kier molecular flexibility index (Phi) is 7.09. The van der Waals surface area contributed by atoms with Gasteiger partial charge in [0.15, 0.2) is 0 Å².